The van der Waals surface area contributed by atoms with Gasteiger partial charge in [-0.3, -0.25) is 9.52 Å². The van der Waals surface area contributed by atoms with Crippen molar-refractivity contribution in [3.05, 3.63) is 29.8 Å². The Bertz CT molecular complexity index is 497. The van der Waals surface area contributed by atoms with Gasteiger partial charge in [0.25, 0.3) is 0 Å². The van der Waals surface area contributed by atoms with Crippen LogP contribution in [0.1, 0.15) is 12.5 Å². The first-order valence-electron chi connectivity index (χ1n) is 5.27. The molecule has 0 fully saturated rings. The van der Waals surface area contributed by atoms with E-state index in [2.05, 4.69) is 10.0 Å². The normalized spacial score (nSPS) is 10.9. The molecule has 0 saturated heterocycles. The minimum Gasteiger partial charge on any atom is -0.359 e. The Morgan fingerprint density at radius 1 is 1.29 bits per heavy atom. The number of rotatable bonds is 5. The zero-order valence-corrected chi connectivity index (χ0v) is 10.7. The van der Waals surface area contributed by atoms with Crippen LogP contribution in [0.2, 0.25) is 0 Å². The van der Waals surface area contributed by atoms with E-state index in [9.17, 15) is 13.2 Å². The second kappa shape index (κ2) is 5.67. The molecule has 17 heavy (non-hydrogen) atoms. The van der Waals surface area contributed by atoms with E-state index >= 15 is 0 Å². The number of carbonyl (C=O) groups excluding carboxylic acids is 1. The highest BCUT2D eigenvalue weighted by molar-refractivity contribution is 7.92. The number of sulfonamides is 1. The van der Waals surface area contributed by atoms with Crippen molar-refractivity contribution in [3.63, 3.8) is 0 Å². The zero-order valence-electron chi connectivity index (χ0n) is 9.86. The molecule has 2 N–H and O–H groups in total. The van der Waals surface area contributed by atoms with Crippen LogP contribution < -0.4 is 10.0 Å². The molecule has 1 aromatic carbocycles. The number of para-hydroxylation sites is 1. The quantitative estimate of drug-likeness (QED) is 0.815. The molecule has 0 heterocycles. The van der Waals surface area contributed by atoms with Crippen molar-refractivity contribution in [2.75, 3.05) is 17.5 Å². The Kier molecular flexibility index (Phi) is 4.51. The summed E-state index contributed by atoms with van der Waals surface area (Å²) < 4.78 is 25.4. The minimum absolute atomic E-state index is 0.00130. The SMILES string of the molecule is CCS(=O)(=O)Nc1ccccc1CC(=O)NC. The van der Waals surface area contributed by atoms with Gasteiger partial charge in [-0.05, 0) is 18.6 Å². The Balaban J connectivity index is 2.96. The van der Waals surface area contributed by atoms with E-state index in [0.29, 0.717) is 11.3 Å². The van der Waals surface area contributed by atoms with Crippen LogP contribution in [0.15, 0.2) is 24.3 Å². The predicted molar refractivity (Wildman–Crippen MR) is 67.3 cm³/mol. The fraction of sp³-hybridized carbons (Fsp3) is 0.364. The van der Waals surface area contributed by atoms with Crippen LogP contribution >= 0.6 is 0 Å². The van der Waals surface area contributed by atoms with E-state index in [1.54, 1.807) is 38.2 Å². The average molecular weight is 256 g/mol. The lowest BCUT2D eigenvalue weighted by atomic mass is 10.1. The summed E-state index contributed by atoms with van der Waals surface area (Å²) in [6, 6.07) is 6.86. The summed E-state index contributed by atoms with van der Waals surface area (Å²) in [5, 5.41) is 2.50. The predicted octanol–water partition coefficient (Wildman–Crippen LogP) is 0.737. The monoisotopic (exact) mass is 256 g/mol. The number of anilines is 1. The summed E-state index contributed by atoms with van der Waals surface area (Å²) in [5.41, 5.74) is 1.11. The third-order valence-corrected chi connectivity index (χ3v) is 3.58. The molecule has 1 aromatic rings. The molecule has 0 aliphatic carbocycles. The highest BCUT2D eigenvalue weighted by Gasteiger charge is 2.11. The number of likely N-dealkylation sites (N-methyl/N-ethyl adjacent to an activating group) is 1. The molecule has 1 amide bonds. The maximum atomic E-state index is 11.5. The van der Waals surface area contributed by atoms with Crippen molar-refractivity contribution in [2.24, 2.45) is 0 Å². The van der Waals surface area contributed by atoms with Gasteiger partial charge in [-0.15, -0.1) is 0 Å². The van der Waals surface area contributed by atoms with Gasteiger partial charge < -0.3 is 5.32 Å². The van der Waals surface area contributed by atoms with Crippen LogP contribution in [0.3, 0.4) is 0 Å². The van der Waals surface area contributed by atoms with Crippen molar-refractivity contribution in [1.29, 1.82) is 0 Å². The Morgan fingerprint density at radius 2 is 1.94 bits per heavy atom. The van der Waals surface area contributed by atoms with E-state index in [1.807, 2.05) is 0 Å². The van der Waals surface area contributed by atoms with Crippen molar-refractivity contribution in [2.45, 2.75) is 13.3 Å². The number of hydrogen-bond acceptors (Lipinski definition) is 3. The van der Waals surface area contributed by atoms with E-state index in [0.717, 1.165) is 0 Å². The van der Waals surface area contributed by atoms with Crippen molar-refractivity contribution in [3.8, 4) is 0 Å². The van der Waals surface area contributed by atoms with Crippen molar-refractivity contribution < 1.29 is 13.2 Å². The molecule has 0 aromatic heterocycles. The number of benzene rings is 1. The average Bonchev–Trinajstić information content (AvgIpc) is 2.31. The lowest BCUT2D eigenvalue weighted by Gasteiger charge is -2.10. The molecule has 0 unspecified atom stereocenters. The number of nitrogens with one attached hydrogen (secondary N) is 2. The third-order valence-electron chi connectivity index (χ3n) is 2.29. The summed E-state index contributed by atoms with van der Waals surface area (Å²) >= 11 is 0. The fourth-order valence-corrected chi connectivity index (χ4v) is 1.95. The largest absolute Gasteiger partial charge is 0.359 e. The first-order chi connectivity index (χ1) is 7.98. The van der Waals surface area contributed by atoms with Crippen molar-refractivity contribution in [1.82, 2.24) is 5.32 Å². The number of hydrogen-bond donors (Lipinski definition) is 2. The molecular weight excluding hydrogens is 240 g/mol. The topological polar surface area (TPSA) is 75.3 Å². The van der Waals surface area contributed by atoms with Gasteiger partial charge in [0.05, 0.1) is 17.9 Å². The molecule has 6 heteroatoms. The lowest BCUT2D eigenvalue weighted by molar-refractivity contribution is -0.119. The molecule has 0 spiro atoms. The molecule has 0 saturated carbocycles. The summed E-state index contributed by atoms with van der Waals surface area (Å²) in [6.45, 7) is 1.56. The zero-order chi connectivity index (χ0) is 12.9. The van der Waals surface area contributed by atoms with E-state index in [-0.39, 0.29) is 18.1 Å². The molecule has 0 aliphatic rings. The molecule has 0 radical (unpaired) electrons. The summed E-state index contributed by atoms with van der Waals surface area (Å²) in [6.07, 6.45) is 0.152. The minimum atomic E-state index is -3.32. The molecular formula is C11H16N2O3S. The second-order valence-electron chi connectivity index (χ2n) is 3.51. The molecule has 0 bridgehead atoms. The van der Waals surface area contributed by atoms with Gasteiger partial charge in [-0.2, -0.15) is 0 Å². The molecule has 0 atom stereocenters. The van der Waals surface area contributed by atoms with Crippen LogP contribution in [-0.2, 0) is 21.2 Å². The Hall–Kier alpha value is -1.56. The Morgan fingerprint density at radius 3 is 2.53 bits per heavy atom. The van der Waals surface area contributed by atoms with E-state index in [4.69, 9.17) is 0 Å². The van der Waals surface area contributed by atoms with Gasteiger partial charge in [0.15, 0.2) is 0 Å². The highest BCUT2D eigenvalue weighted by atomic mass is 32.2. The smallest absolute Gasteiger partial charge is 0.232 e. The maximum Gasteiger partial charge on any atom is 0.232 e. The van der Waals surface area contributed by atoms with Crippen LogP contribution in [0.25, 0.3) is 0 Å². The van der Waals surface area contributed by atoms with E-state index in [1.165, 1.54) is 0 Å². The van der Waals surface area contributed by atoms with Gasteiger partial charge in [-0.25, -0.2) is 8.42 Å². The standard InChI is InChI=1S/C11H16N2O3S/c1-3-17(15,16)13-10-7-5-4-6-9(10)8-11(14)12-2/h4-7,13H,3,8H2,1-2H3,(H,12,14). The van der Waals surface area contributed by atoms with Crippen LogP contribution in [0.4, 0.5) is 5.69 Å². The summed E-state index contributed by atoms with van der Waals surface area (Å²) in [4.78, 5) is 11.3. The second-order valence-corrected chi connectivity index (χ2v) is 5.52. The first-order valence-corrected chi connectivity index (χ1v) is 6.92. The third kappa shape index (κ3) is 4.07. The van der Waals surface area contributed by atoms with Gasteiger partial charge in [-0.1, -0.05) is 18.2 Å². The van der Waals surface area contributed by atoms with Gasteiger partial charge in [0.2, 0.25) is 15.9 Å². The first kappa shape index (κ1) is 13.5. The molecule has 1 rings (SSSR count). The van der Waals surface area contributed by atoms with Gasteiger partial charge >= 0.3 is 0 Å². The van der Waals surface area contributed by atoms with Gasteiger partial charge in [0, 0.05) is 7.05 Å². The summed E-state index contributed by atoms with van der Waals surface area (Å²) in [7, 11) is -1.78. The van der Waals surface area contributed by atoms with E-state index < -0.39 is 10.0 Å². The van der Waals surface area contributed by atoms with Crippen LogP contribution in [0, 0.1) is 0 Å². The Labute approximate surface area is 101 Å². The molecule has 0 aliphatic heterocycles. The highest BCUT2D eigenvalue weighted by Crippen LogP contribution is 2.17. The van der Waals surface area contributed by atoms with Crippen LogP contribution in [-0.4, -0.2) is 27.1 Å². The number of amides is 1. The summed E-state index contributed by atoms with van der Waals surface area (Å²) in [5.74, 6) is -0.158. The maximum absolute atomic E-state index is 11.5. The molecule has 5 nitrogen and oxygen atoms in total. The number of carbonyl (C=O) groups is 1. The molecule has 94 valence electrons. The van der Waals surface area contributed by atoms with Gasteiger partial charge in [0.1, 0.15) is 0 Å². The van der Waals surface area contributed by atoms with Crippen LogP contribution in [0.5, 0.6) is 0 Å². The lowest BCUT2D eigenvalue weighted by Crippen LogP contribution is -2.21. The van der Waals surface area contributed by atoms with Crippen molar-refractivity contribution >= 4 is 21.6 Å². The fourth-order valence-electron chi connectivity index (χ4n) is 1.28.